The number of rotatable bonds is 5. The van der Waals surface area contributed by atoms with Crippen molar-refractivity contribution in [3.63, 3.8) is 0 Å². The van der Waals surface area contributed by atoms with Gasteiger partial charge in [-0.2, -0.15) is 0 Å². The maximum atomic E-state index is 12.7. The van der Waals surface area contributed by atoms with Gasteiger partial charge in [-0.1, -0.05) is 11.8 Å². The Morgan fingerprint density at radius 1 is 1.03 bits per heavy atom. The van der Waals surface area contributed by atoms with Gasteiger partial charge in [-0.25, -0.2) is 9.97 Å². The van der Waals surface area contributed by atoms with Gasteiger partial charge in [0.1, 0.15) is 11.6 Å². The van der Waals surface area contributed by atoms with Crippen LogP contribution in [-0.2, 0) is 15.3 Å². The fourth-order valence-electron chi connectivity index (χ4n) is 3.63. The summed E-state index contributed by atoms with van der Waals surface area (Å²) in [5.74, 6) is 2.38. The zero-order valence-corrected chi connectivity index (χ0v) is 18.7. The Bertz CT molecular complexity index is 936. The summed E-state index contributed by atoms with van der Waals surface area (Å²) in [5.41, 5.74) is 0.916. The third-order valence-electron chi connectivity index (χ3n) is 5.38. The number of carbonyl (C=O) groups is 2. The number of piperazine rings is 1. The Balaban J connectivity index is 1.35. The van der Waals surface area contributed by atoms with Crippen LogP contribution in [0.3, 0.4) is 0 Å². The van der Waals surface area contributed by atoms with Crippen molar-refractivity contribution < 1.29 is 18.7 Å². The number of hydrogen-bond acceptors (Lipinski definition) is 8. The van der Waals surface area contributed by atoms with Crippen molar-refractivity contribution in [2.75, 3.05) is 57.4 Å². The zero-order chi connectivity index (χ0) is 21.8. The second kappa shape index (κ2) is 9.69. The summed E-state index contributed by atoms with van der Waals surface area (Å²) in [7, 11) is 0. The molecular formula is C21H27N5O4S. The number of hydrogen-bond donors (Lipinski definition) is 0. The fourth-order valence-corrected chi connectivity index (χ4v) is 4.42. The first-order valence-corrected chi connectivity index (χ1v) is 11.4. The highest BCUT2D eigenvalue weighted by Crippen LogP contribution is 2.24. The van der Waals surface area contributed by atoms with Gasteiger partial charge < -0.3 is 23.9 Å². The van der Waals surface area contributed by atoms with E-state index in [1.54, 1.807) is 22.8 Å². The molecule has 2 amide bonds. The van der Waals surface area contributed by atoms with Crippen LogP contribution in [0.5, 0.6) is 0 Å². The van der Waals surface area contributed by atoms with E-state index < -0.39 is 0 Å². The van der Waals surface area contributed by atoms with Crippen LogP contribution in [0.25, 0.3) is 0 Å². The van der Waals surface area contributed by atoms with Crippen molar-refractivity contribution in [3.05, 3.63) is 35.4 Å². The SMILES string of the molecule is CC(=O)N1CCN(C(=O)c2ccc(CSc3nc(C)cc(N4CCOCC4)n3)o2)CC1. The van der Waals surface area contributed by atoms with Crippen molar-refractivity contribution in [2.24, 2.45) is 0 Å². The molecule has 2 saturated heterocycles. The number of furan rings is 1. The zero-order valence-electron chi connectivity index (χ0n) is 17.9. The summed E-state index contributed by atoms with van der Waals surface area (Å²) in [6.45, 7) is 8.73. The van der Waals surface area contributed by atoms with Crippen LogP contribution < -0.4 is 4.90 Å². The lowest BCUT2D eigenvalue weighted by molar-refractivity contribution is -0.130. The molecule has 0 bridgehead atoms. The van der Waals surface area contributed by atoms with Gasteiger partial charge in [-0.15, -0.1) is 0 Å². The summed E-state index contributed by atoms with van der Waals surface area (Å²) in [6.07, 6.45) is 0. The lowest BCUT2D eigenvalue weighted by atomic mass is 10.3. The first-order chi connectivity index (χ1) is 15.0. The molecule has 0 aromatic carbocycles. The average molecular weight is 446 g/mol. The minimum atomic E-state index is -0.138. The van der Waals surface area contributed by atoms with E-state index in [1.165, 1.54) is 11.8 Å². The van der Waals surface area contributed by atoms with Crippen molar-refractivity contribution in [2.45, 2.75) is 24.8 Å². The molecule has 4 rings (SSSR count). The third-order valence-corrected chi connectivity index (χ3v) is 6.25. The van der Waals surface area contributed by atoms with Crippen molar-refractivity contribution >= 4 is 29.4 Å². The first kappa shape index (κ1) is 21.6. The molecule has 166 valence electrons. The van der Waals surface area contributed by atoms with Gasteiger partial charge >= 0.3 is 0 Å². The highest BCUT2D eigenvalue weighted by molar-refractivity contribution is 7.98. The molecule has 31 heavy (non-hydrogen) atoms. The quantitative estimate of drug-likeness (QED) is 0.508. The van der Waals surface area contributed by atoms with E-state index in [9.17, 15) is 9.59 Å². The van der Waals surface area contributed by atoms with E-state index in [1.807, 2.05) is 19.1 Å². The molecule has 2 aromatic heterocycles. The van der Waals surface area contributed by atoms with Gasteiger partial charge in [-0.3, -0.25) is 9.59 Å². The van der Waals surface area contributed by atoms with E-state index in [0.29, 0.717) is 61.8 Å². The van der Waals surface area contributed by atoms with E-state index in [-0.39, 0.29) is 11.8 Å². The van der Waals surface area contributed by atoms with Crippen molar-refractivity contribution in [1.29, 1.82) is 0 Å². The smallest absolute Gasteiger partial charge is 0.289 e. The van der Waals surface area contributed by atoms with Gasteiger partial charge in [0.15, 0.2) is 10.9 Å². The minimum Gasteiger partial charge on any atom is -0.455 e. The summed E-state index contributed by atoms with van der Waals surface area (Å²) < 4.78 is 11.2. The Labute approximate surface area is 185 Å². The first-order valence-electron chi connectivity index (χ1n) is 10.4. The van der Waals surface area contributed by atoms with E-state index >= 15 is 0 Å². The van der Waals surface area contributed by atoms with Gasteiger partial charge in [-0.05, 0) is 19.1 Å². The molecule has 0 atom stereocenters. The van der Waals surface area contributed by atoms with Crippen LogP contribution in [0.4, 0.5) is 5.82 Å². The van der Waals surface area contributed by atoms with Crippen molar-refractivity contribution in [3.8, 4) is 0 Å². The van der Waals surface area contributed by atoms with Gasteiger partial charge in [0.2, 0.25) is 5.91 Å². The monoisotopic (exact) mass is 445 g/mol. The number of aromatic nitrogens is 2. The lowest BCUT2D eigenvalue weighted by Crippen LogP contribution is -2.50. The number of thioether (sulfide) groups is 1. The Hall–Kier alpha value is -2.59. The van der Waals surface area contributed by atoms with E-state index in [4.69, 9.17) is 9.15 Å². The second-order valence-corrected chi connectivity index (χ2v) is 8.54. The standard InChI is InChI=1S/C21H27N5O4S/c1-15-13-19(25-9-11-29-12-10-25)23-21(22-15)31-14-17-3-4-18(30-17)20(28)26-7-5-24(6-8-26)16(2)27/h3-4,13H,5-12,14H2,1-2H3. The third kappa shape index (κ3) is 5.37. The lowest BCUT2D eigenvalue weighted by Gasteiger charge is -2.33. The number of carbonyl (C=O) groups excluding carboxylic acids is 2. The molecular weight excluding hydrogens is 418 g/mol. The molecule has 4 heterocycles. The number of morpholine rings is 1. The predicted octanol–water partition coefficient (Wildman–Crippen LogP) is 1.81. The number of nitrogens with zero attached hydrogens (tertiary/aromatic N) is 5. The summed E-state index contributed by atoms with van der Waals surface area (Å²) in [4.78, 5) is 39.1. The summed E-state index contributed by atoms with van der Waals surface area (Å²) in [6, 6.07) is 5.53. The Morgan fingerprint density at radius 2 is 1.74 bits per heavy atom. The van der Waals surface area contributed by atoms with E-state index in [2.05, 4.69) is 14.9 Å². The maximum Gasteiger partial charge on any atom is 0.289 e. The van der Waals surface area contributed by atoms with Gasteiger partial charge in [0, 0.05) is 58.0 Å². The van der Waals surface area contributed by atoms with Crippen molar-refractivity contribution in [1.82, 2.24) is 19.8 Å². The number of ether oxygens (including phenoxy) is 1. The Morgan fingerprint density at radius 3 is 2.45 bits per heavy atom. The minimum absolute atomic E-state index is 0.0413. The number of amides is 2. The summed E-state index contributed by atoms with van der Waals surface area (Å²) in [5, 5.41) is 0.686. The molecule has 2 fully saturated rings. The van der Waals surface area contributed by atoms with Crippen LogP contribution in [-0.4, -0.2) is 84.1 Å². The second-order valence-electron chi connectivity index (χ2n) is 7.60. The van der Waals surface area contributed by atoms with Crippen LogP contribution in [0.15, 0.2) is 27.8 Å². The molecule has 9 nitrogen and oxygen atoms in total. The molecule has 0 N–H and O–H groups in total. The fraction of sp³-hybridized carbons (Fsp3) is 0.524. The highest BCUT2D eigenvalue weighted by atomic mass is 32.2. The molecule has 2 aliphatic heterocycles. The molecule has 2 aliphatic rings. The Kier molecular flexibility index (Phi) is 6.77. The molecule has 0 radical (unpaired) electrons. The van der Waals surface area contributed by atoms with Crippen LogP contribution in [0.1, 0.15) is 28.9 Å². The predicted molar refractivity (Wildman–Crippen MR) is 116 cm³/mol. The highest BCUT2D eigenvalue weighted by Gasteiger charge is 2.25. The topological polar surface area (TPSA) is 92.0 Å². The average Bonchev–Trinajstić information content (AvgIpc) is 3.26. The molecule has 2 aromatic rings. The molecule has 0 spiro atoms. The van der Waals surface area contributed by atoms with Crippen LogP contribution in [0, 0.1) is 6.92 Å². The maximum absolute atomic E-state index is 12.7. The normalized spacial score (nSPS) is 17.2. The summed E-state index contributed by atoms with van der Waals surface area (Å²) >= 11 is 1.49. The number of anilines is 1. The molecule has 0 unspecified atom stereocenters. The van der Waals surface area contributed by atoms with Gasteiger partial charge in [0.05, 0.1) is 19.0 Å². The van der Waals surface area contributed by atoms with Gasteiger partial charge in [0.25, 0.3) is 5.91 Å². The number of aryl methyl sites for hydroxylation is 1. The largest absolute Gasteiger partial charge is 0.455 e. The molecule has 10 heteroatoms. The van der Waals surface area contributed by atoms with E-state index in [0.717, 1.165) is 24.6 Å². The van der Waals surface area contributed by atoms with Crippen LogP contribution in [0.2, 0.25) is 0 Å². The van der Waals surface area contributed by atoms with Crippen LogP contribution >= 0.6 is 11.8 Å². The molecule has 0 saturated carbocycles. The molecule has 0 aliphatic carbocycles.